The van der Waals surface area contributed by atoms with Crippen molar-refractivity contribution in [3.63, 3.8) is 0 Å². The van der Waals surface area contributed by atoms with Gasteiger partial charge in [0.05, 0.1) is 23.1 Å². The molecule has 0 atom stereocenters. The number of carbonyl (C=O) groups excluding carboxylic acids is 1. The van der Waals surface area contributed by atoms with Gasteiger partial charge < -0.3 is 9.90 Å². The predicted molar refractivity (Wildman–Crippen MR) is 105 cm³/mol. The van der Waals surface area contributed by atoms with Crippen molar-refractivity contribution in [2.45, 2.75) is 17.8 Å². The largest absolute Gasteiger partial charge is 0.543 e. The van der Waals surface area contributed by atoms with Crippen molar-refractivity contribution in [1.29, 1.82) is 0 Å². The number of carbonyl (C=O) groups is 1. The number of aryl methyl sites for hydroxylation is 1. The quantitative estimate of drug-likeness (QED) is 0.453. The van der Waals surface area contributed by atoms with Crippen LogP contribution in [0.15, 0.2) is 59.3 Å². The minimum Gasteiger partial charge on any atom is -0.543 e. The standard InChI is InChI=1S/C19H15N5O2S2/c1-12-5-2-3-7-15(12)24-17(13-6-4-8-20-9-13)22-23-19(24)28-11-16-21-14(10-27-16)18(25)26/h2-10H,11H2,1H3,(H,25,26)/p-1. The summed E-state index contributed by atoms with van der Waals surface area (Å²) >= 11 is 2.73. The van der Waals surface area contributed by atoms with Crippen LogP contribution in [0.1, 0.15) is 21.1 Å². The predicted octanol–water partition coefficient (Wildman–Crippen LogP) is 2.75. The fraction of sp³-hybridized carbons (Fsp3) is 0.105. The summed E-state index contributed by atoms with van der Waals surface area (Å²) in [5.74, 6) is -0.0939. The summed E-state index contributed by atoms with van der Waals surface area (Å²) in [7, 11) is 0. The van der Waals surface area contributed by atoms with Crippen LogP contribution in [0.4, 0.5) is 0 Å². The lowest BCUT2D eigenvalue weighted by Gasteiger charge is -2.12. The van der Waals surface area contributed by atoms with Gasteiger partial charge in [-0.05, 0) is 30.7 Å². The van der Waals surface area contributed by atoms with E-state index in [0.29, 0.717) is 21.7 Å². The smallest absolute Gasteiger partial charge is 0.196 e. The highest BCUT2D eigenvalue weighted by molar-refractivity contribution is 7.98. The van der Waals surface area contributed by atoms with Crippen LogP contribution in [0.3, 0.4) is 0 Å². The number of nitrogens with zero attached hydrogens (tertiary/aromatic N) is 5. The molecule has 0 fully saturated rings. The molecule has 0 aliphatic carbocycles. The van der Waals surface area contributed by atoms with Gasteiger partial charge in [0, 0.05) is 23.3 Å². The van der Waals surface area contributed by atoms with Crippen LogP contribution >= 0.6 is 23.1 Å². The Kier molecular flexibility index (Phi) is 5.18. The third-order valence-electron chi connectivity index (χ3n) is 4.00. The Bertz CT molecular complexity index is 1120. The highest BCUT2D eigenvalue weighted by Gasteiger charge is 2.18. The van der Waals surface area contributed by atoms with Crippen LogP contribution in [0, 0.1) is 6.92 Å². The number of aromatic carboxylic acids is 1. The summed E-state index contributed by atoms with van der Waals surface area (Å²) in [4.78, 5) is 19.2. The van der Waals surface area contributed by atoms with E-state index in [1.54, 1.807) is 12.4 Å². The first kappa shape index (κ1) is 18.3. The van der Waals surface area contributed by atoms with Crippen LogP contribution in [0.2, 0.25) is 0 Å². The molecule has 0 radical (unpaired) electrons. The molecule has 7 nitrogen and oxygen atoms in total. The summed E-state index contributed by atoms with van der Waals surface area (Å²) in [6.07, 6.45) is 3.46. The normalized spacial score (nSPS) is 10.9. The molecule has 4 aromatic rings. The number of hydrogen-bond acceptors (Lipinski definition) is 8. The van der Waals surface area contributed by atoms with E-state index in [0.717, 1.165) is 16.8 Å². The molecule has 28 heavy (non-hydrogen) atoms. The molecular formula is C19H14N5O2S2-. The van der Waals surface area contributed by atoms with Gasteiger partial charge in [0.1, 0.15) is 5.01 Å². The van der Waals surface area contributed by atoms with E-state index in [1.807, 2.05) is 47.9 Å². The Labute approximate surface area is 169 Å². The second-order valence-corrected chi connectivity index (χ2v) is 7.76. The third kappa shape index (κ3) is 3.67. The maximum absolute atomic E-state index is 10.9. The molecule has 140 valence electrons. The topological polar surface area (TPSA) is 96.6 Å². The second kappa shape index (κ2) is 7.91. The lowest BCUT2D eigenvalue weighted by Crippen LogP contribution is -2.22. The fourth-order valence-electron chi connectivity index (χ4n) is 2.67. The highest BCUT2D eigenvalue weighted by atomic mass is 32.2. The minimum absolute atomic E-state index is 0.0444. The lowest BCUT2D eigenvalue weighted by molar-refractivity contribution is -0.255. The Morgan fingerprint density at radius 2 is 2.07 bits per heavy atom. The van der Waals surface area contributed by atoms with E-state index in [-0.39, 0.29) is 5.69 Å². The number of aromatic nitrogens is 5. The molecule has 0 aliphatic heterocycles. The summed E-state index contributed by atoms with van der Waals surface area (Å²) in [6, 6.07) is 11.8. The zero-order valence-electron chi connectivity index (χ0n) is 14.8. The molecule has 4 rings (SSSR count). The monoisotopic (exact) mass is 408 g/mol. The molecular weight excluding hydrogens is 394 g/mol. The molecule has 0 saturated heterocycles. The summed E-state index contributed by atoms with van der Waals surface area (Å²) < 4.78 is 1.99. The average Bonchev–Trinajstić information content (AvgIpc) is 3.35. The van der Waals surface area contributed by atoms with E-state index in [2.05, 4.69) is 20.2 Å². The number of carboxylic acids is 1. The van der Waals surface area contributed by atoms with E-state index in [4.69, 9.17) is 0 Å². The first-order chi connectivity index (χ1) is 13.6. The number of benzene rings is 1. The summed E-state index contributed by atoms with van der Waals surface area (Å²) in [6.45, 7) is 2.03. The van der Waals surface area contributed by atoms with Gasteiger partial charge in [0.2, 0.25) is 0 Å². The second-order valence-electron chi connectivity index (χ2n) is 5.87. The molecule has 9 heteroatoms. The zero-order valence-corrected chi connectivity index (χ0v) is 16.4. The first-order valence-electron chi connectivity index (χ1n) is 8.34. The maximum atomic E-state index is 10.9. The Morgan fingerprint density at radius 3 is 2.79 bits per heavy atom. The molecule has 1 aromatic carbocycles. The number of hydrogen-bond donors (Lipinski definition) is 0. The highest BCUT2D eigenvalue weighted by Crippen LogP contribution is 2.31. The Balaban J connectivity index is 1.72. The molecule has 0 N–H and O–H groups in total. The minimum atomic E-state index is -1.27. The van der Waals surface area contributed by atoms with Crippen molar-refractivity contribution in [3.05, 3.63) is 70.4 Å². The van der Waals surface area contributed by atoms with Gasteiger partial charge in [0.25, 0.3) is 0 Å². The number of para-hydroxylation sites is 1. The van der Waals surface area contributed by atoms with Crippen molar-refractivity contribution < 1.29 is 9.90 Å². The molecule has 3 aromatic heterocycles. The van der Waals surface area contributed by atoms with E-state index in [1.165, 1.54) is 28.5 Å². The van der Waals surface area contributed by atoms with Crippen LogP contribution in [-0.4, -0.2) is 30.7 Å². The number of carboxylic acid groups (broad SMARTS) is 1. The van der Waals surface area contributed by atoms with Crippen LogP contribution in [-0.2, 0) is 5.75 Å². The van der Waals surface area contributed by atoms with Crippen molar-refractivity contribution in [3.8, 4) is 17.1 Å². The Morgan fingerprint density at radius 1 is 1.21 bits per heavy atom. The van der Waals surface area contributed by atoms with Gasteiger partial charge in [-0.25, -0.2) is 4.98 Å². The molecule has 0 spiro atoms. The van der Waals surface area contributed by atoms with Crippen LogP contribution in [0.5, 0.6) is 0 Å². The van der Waals surface area contributed by atoms with E-state index < -0.39 is 5.97 Å². The SMILES string of the molecule is Cc1ccccc1-n1c(SCc2nc(C(=O)[O-])cs2)nnc1-c1cccnc1. The number of thiazole rings is 1. The van der Waals surface area contributed by atoms with Crippen LogP contribution < -0.4 is 5.11 Å². The first-order valence-corrected chi connectivity index (χ1v) is 10.2. The molecule has 0 bridgehead atoms. The van der Waals surface area contributed by atoms with Gasteiger partial charge in [-0.15, -0.1) is 21.5 Å². The molecule has 0 unspecified atom stereocenters. The van der Waals surface area contributed by atoms with E-state index >= 15 is 0 Å². The summed E-state index contributed by atoms with van der Waals surface area (Å²) in [5, 5.41) is 22.5. The molecule has 3 heterocycles. The van der Waals surface area contributed by atoms with Crippen molar-refractivity contribution in [2.24, 2.45) is 0 Å². The maximum Gasteiger partial charge on any atom is 0.196 e. The third-order valence-corrected chi connectivity index (χ3v) is 5.97. The molecule has 0 amide bonds. The fourth-order valence-corrected chi connectivity index (χ4v) is 4.40. The van der Waals surface area contributed by atoms with Crippen molar-refractivity contribution in [2.75, 3.05) is 0 Å². The number of pyridine rings is 1. The van der Waals surface area contributed by atoms with Gasteiger partial charge in [-0.2, -0.15) is 0 Å². The average molecular weight is 408 g/mol. The lowest BCUT2D eigenvalue weighted by atomic mass is 10.2. The number of thioether (sulfide) groups is 1. The van der Waals surface area contributed by atoms with Gasteiger partial charge in [-0.3, -0.25) is 9.55 Å². The van der Waals surface area contributed by atoms with Gasteiger partial charge >= 0.3 is 0 Å². The van der Waals surface area contributed by atoms with Crippen LogP contribution in [0.25, 0.3) is 17.1 Å². The number of rotatable bonds is 6. The summed E-state index contributed by atoms with van der Waals surface area (Å²) in [5.41, 5.74) is 2.88. The molecule has 0 saturated carbocycles. The van der Waals surface area contributed by atoms with Gasteiger partial charge in [0.15, 0.2) is 11.0 Å². The zero-order chi connectivity index (χ0) is 19.5. The molecule has 0 aliphatic rings. The van der Waals surface area contributed by atoms with Crippen molar-refractivity contribution in [1.82, 2.24) is 24.7 Å². The van der Waals surface area contributed by atoms with Gasteiger partial charge in [-0.1, -0.05) is 30.0 Å². The van der Waals surface area contributed by atoms with E-state index in [9.17, 15) is 9.90 Å². The Hall–Kier alpha value is -3.04. The van der Waals surface area contributed by atoms with Crippen molar-refractivity contribution >= 4 is 29.1 Å².